The first-order valence-corrected chi connectivity index (χ1v) is 6.53. The lowest BCUT2D eigenvalue weighted by molar-refractivity contribution is 0.182. The lowest BCUT2D eigenvalue weighted by Crippen LogP contribution is -2.07. The van der Waals surface area contributed by atoms with E-state index < -0.39 is 0 Å². The molecular weight excluding hydrogens is 224 g/mol. The van der Waals surface area contributed by atoms with Gasteiger partial charge in [0, 0.05) is 26.1 Å². The molecular formula is C16H25O2. The third-order valence-electron chi connectivity index (χ3n) is 3.30. The zero-order valence-electron chi connectivity index (χ0n) is 12.0. The smallest absolute Gasteiger partial charge is 0.0528 e. The largest absolute Gasteiger partial charge is 0.384 e. The lowest BCUT2D eigenvalue weighted by Gasteiger charge is -2.17. The molecule has 0 heterocycles. The van der Waals surface area contributed by atoms with E-state index in [-0.39, 0.29) is 0 Å². The number of benzene rings is 1. The quantitative estimate of drug-likeness (QED) is 0.735. The topological polar surface area (TPSA) is 18.5 Å². The molecule has 0 N–H and O–H groups in total. The molecule has 0 saturated heterocycles. The van der Waals surface area contributed by atoms with E-state index in [1.807, 2.05) is 0 Å². The molecule has 1 rings (SSSR count). The predicted molar refractivity (Wildman–Crippen MR) is 76.1 cm³/mol. The van der Waals surface area contributed by atoms with E-state index in [0.717, 1.165) is 19.6 Å². The van der Waals surface area contributed by atoms with Crippen molar-refractivity contribution in [1.29, 1.82) is 0 Å². The maximum absolute atomic E-state index is 5.24. The molecule has 2 unspecified atom stereocenters. The van der Waals surface area contributed by atoms with E-state index in [4.69, 9.17) is 9.47 Å². The molecule has 0 saturated carbocycles. The number of rotatable bonds is 7. The maximum atomic E-state index is 5.24. The Morgan fingerprint density at radius 1 is 0.944 bits per heavy atom. The van der Waals surface area contributed by atoms with Crippen LogP contribution in [0.2, 0.25) is 0 Å². The number of hydrogen-bond donors (Lipinski definition) is 0. The van der Waals surface area contributed by atoms with Crippen molar-refractivity contribution in [3.8, 4) is 0 Å². The SMILES string of the molecule is [CH2]Cc1cc(C(C)COC)cc(C(C)COC)c1. The summed E-state index contributed by atoms with van der Waals surface area (Å²) >= 11 is 0. The summed E-state index contributed by atoms with van der Waals surface area (Å²) in [7, 11) is 3.49. The van der Waals surface area contributed by atoms with Gasteiger partial charge >= 0.3 is 0 Å². The third-order valence-corrected chi connectivity index (χ3v) is 3.30. The second kappa shape index (κ2) is 7.55. The molecule has 2 heteroatoms. The van der Waals surface area contributed by atoms with Crippen molar-refractivity contribution in [2.75, 3.05) is 27.4 Å². The van der Waals surface area contributed by atoms with Crippen molar-refractivity contribution in [2.24, 2.45) is 0 Å². The molecule has 0 aliphatic heterocycles. The van der Waals surface area contributed by atoms with E-state index >= 15 is 0 Å². The van der Waals surface area contributed by atoms with Gasteiger partial charge in [0.15, 0.2) is 0 Å². The standard InChI is InChI=1S/C16H25O2/c1-6-14-7-15(12(2)10-17-4)9-16(8-14)13(3)11-18-5/h7-9,12-13H,1,6,10-11H2,2-5H3. The maximum Gasteiger partial charge on any atom is 0.0528 e. The molecule has 0 aromatic heterocycles. The highest BCUT2D eigenvalue weighted by molar-refractivity contribution is 5.34. The van der Waals surface area contributed by atoms with E-state index in [1.54, 1.807) is 14.2 Å². The molecule has 0 amide bonds. The van der Waals surface area contributed by atoms with Crippen molar-refractivity contribution < 1.29 is 9.47 Å². The summed E-state index contributed by atoms with van der Waals surface area (Å²) in [6.45, 7) is 9.87. The monoisotopic (exact) mass is 249 g/mol. The van der Waals surface area contributed by atoms with Crippen molar-refractivity contribution >= 4 is 0 Å². The Hall–Kier alpha value is -0.860. The van der Waals surface area contributed by atoms with Crippen LogP contribution in [0.15, 0.2) is 18.2 Å². The Morgan fingerprint density at radius 3 is 1.72 bits per heavy atom. The van der Waals surface area contributed by atoms with Crippen LogP contribution in [0.4, 0.5) is 0 Å². The second-order valence-electron chi connectivity index (χ2n) is 4.97. The molecule has 2 nitrogen and oxygen atoms in total. The van der Waals surface area contributed by atoms with Gasteiger partial charge in [-0.15, -0.1) is 0 Å². The van der Waals surface area contributed by atoms with Crippen LogP contribution in [0.3, 0.4) is 0 Å². The minimum atomic E-state index is 0.412. The van der Waals surface area contributed by atoms with Gasteiger partial charge in [-0.1, -0.05) is 32.0 Å². The normalized spacial score (nSPS) is 14.5. The predicted octanol–water partition coefficient (Wildman–Crippen LogP) is 3.56. The summed E-state index contributed by atoms with van der Waals surface area (Å²) in [5.41, 5.74) is 3.94. The summed E-state index contributed by atoms with van der Waals surface area (Å²) in [6.07, 6.45) is 0.820. The van der Waals surface area contributed by atoms with Crippen LogP contribution in [-0.4, -0.2) is 27.4 Å². The van der Waals surface area contributed by atoms with Gasteiger partial charge < -0.3 is 9.47 Å². The molecule has 18 heavy (non-hydrogen) atoms. The average molecular weight is 249 g/mol. The number of methoxy groups -OCH3 is 2. The van der Waals surface area contributed by atoms with Crippen molar-refractivity contribution in [3.05, 3.63) is 41.8 Å². The summed E-state index contributed by atoms with van der Waals surface area (Å²) in [4.78, 5) is 0. The highest BCUT2D eigenvalue weighted by atomic mass is 16.5. The molecule has 0 bridgehead atoms. The van der Waals surface area contributed by atoms with Crippen LogP contribution >= 0.6 is 0 Å². The molecule has 1 aromatic rings. The van der Waals surface area contributed by atoms with Crippen molar-refractivity contribution in [3.63, 3.8) is 0 Å². The molecule has 2 atom stereocenters. The van der Waals surface area contributed by atoms with E-state index in [9.17, 15) is 0 Å². The second-order valence-corrected chi connectivity index (χ2v) is 4.97. The molecule has 1 aromatic carbocycles. The van der Waals surface area contributed by atoms with Crippen LogP contribution in [0.5, 0.6) is 0 Å². The van der Waals surface area contributed by atoms with Crippen molar-refractivity contribution in [1.82, 2.24) is 0 Å². The van der Waals surface area contributed by atoms with Crippen LogP contribution in [0.1, 0.15) is 42.4 Å². The van der Waals surface area contributed by atoms with Gasteiger partial charge in [0.05, 0.1) is 13.2 Å². The number of ether oxygens (including phenoxy) is 2. The zero-order chi connectivity index (χ0) is 13.5. The van der Waals surface area contributed by atoms with Gasteiger partial charge in [-0.3, -0.25) is 0 Å². The zero-order valence-corrected chi connectivity index (χ0v) is 12.0. The van der Waals surface area contributed by atoms with Gasteiger partial charge in [0.2, 0.25) is 0 Å². The molecule has 0 aliphatic rings. The summed E-state index contributed by atoms with van der Waals surface area (Å²) in [5, 5.41) is 0. The fourth-order valence-corrected chi connectivity index (χ4v) is 2.15. The van der Waals surface area contributed by atoms with Gasteiger partial charge in [-0.05, 0) is 30.0 Å². The van der Waals surface area contributed by atoms with Crippen LogP contribution in [0, 0.1) is 6.92 Å². The fraction of sp³-hybridized carbons (Fsp3) is 0.562. The third kappa shape index (κ3) is 4.11. The van der Waals surface area contributed by atoms with Crippen molar-refractivity contribution in [2.45, 2.75) is 32.1 Å². The van der Waals surface area contributed by atoms with Gasteiger partial charge in [-0.2, -0.15) is 0 Å². The van der Waals surface area contributed by atoms with Crippen LogP contribution in [-0.2, 0) is 15.9 Å². The van der Waals surface area contributed by atoms with Crippen LogP contribution < -0.4 is 0 Å². The molecule has 0 aliphatic carbocycles. The first-order valence-electron chi connectivity index (χ1n) is 6.53. The van der Waals surface area contributed by atoms with E-state index in [0.29, 0.717) is 11.8 Å². The Morgan fingerprint density at radius 2 is 1.39 bits per heavy atom. The Labute approximate surface area is 111 Å². The van der Waals surface area contributed by atoms with Gasteiger partial charge in [0.1, 0.15) is 0 Å². The van der Waals surface area contributed by atoms with Gasteiger partial charge in [0.25, 0.3) is 0 Å². The average Bonchev–Trinajstić information content (AvgIpc) is 2.38. The van der Waals surface area contributed by atoms with E-state index in [1.165, 1.54) is 16.7 Å². The molecule has 0 spiro atoms. The Balaban J connectivity index is 3.00. The minimum Gasteiger partial charge on any atom is -0.384 e. The molecule has 101 valence electrons. The highest BCUT2D eigenvalue weighted by Gasteiger charge is 2.11. The summed E-state index contributed by atoms with van der Waals surface area (Å²) in [6, 6.07) is 6.74. The number of hydrogen-bond acceptors (Lipinski definition) is 2. The first-order chi connectivity index (χ1) is 8.62. The Bertz CT molecular complexity index is 330. The summed E-state index contributed by atoms with van der Waals surface area (Å²) in [5.74, 6) is 0.824. The van der Waals surface area contributed by atoms with Crippen LogP contribution in [0.25, 0.3) is 0 Å². The van der Waals surface area contributed by atoms with Gasteiger partial charge in [-0.25, -0.2) is 0 Å². The minimum absolute atomic E-state index is 0.412. The summed E-state index contributed by atoms with van der Waals surface area (Å²) < 4.78 is 10.5. The first kappa shape index (κ1) is 15.2. The fourth-order valence-electron chi connectivity index (χ4n) is 2.15. The van der Waals surface area contributed by atoms with E-state index in [2.05, 4.69) is 39.0 Å². The highest BCUT2D eigenvalue weighted by Crippen LogP contribution is 2.24. The Kier molecular flexibility index (Phi) is 6.37. The molecule has 1 radical (unpaired) electrons. The lowest BCUT2D eigenvalue weighted by atomic mass is 9.91. The molecule has 0 fully saturated rings.